The molecule has 10 heteroatoms. The van der Waals surface area contributed by atoms with Crippen molar-refractivity contribution in [2.75, 3.05) is 0 Å². The maximum absolute atomic E-state index is 12.6. The molecule has 0 saturated heterocycles. The second kappa shape index (κ2) is 3.82. The van der Waals surface area contributed by atoms with Crippen molar-refractivity contribution in [1.29, 1.82) is 0 Å². The summed E-state index contributed by atoms with van der Waals surface area (Å²) in [6.45, 7) is 0. The predicted molar refractivity (Wildman–Crippen MR) is 50.1 cm³/mol. The Bertz CT molecular complexity index is 600. The van der Waals surface area contributed by atoms with E-state index in [1.54, 1.807) is 0 Å². The average Bonchev–Trinajstić information content (AvgIpc) is 2.81. The zero-order valence-electron chi connectivity index (χ0n) is 8.88. The molecular formula is C8H6F3N5O2. The molecule has 2 aromatic heterocycles. The van der Waals surface area contributed by atoms with Gasteiger partial charge in [-0.15, -0.1) is 0 Å². The molecule has 0 aliphatic rings. The van der Waals surface area contributed by atoms with E-state index in [2.05, 4.69) is 15.5 Å². The van der Waals surface area contributed by atoms with E-state index >= 15 is 0 Å². The number of nitrogens with zero attached hydrogens (tertiary/aromatic N) is 5. The van der Waals surface area contributed by atoms with Crippen molar-refractivity contribution in [3.8, 4) is 5.95 Å². The lowest BCUT2D eigenvalue weighted by Gasteiger charge is -2.04. The third-order valence-electron chi connectivity index (χ3n) is 2.19. The number of aromatic nitrogens is 5. The van der Waals surface area contributed by atoms with Gasteiger partial charge in [0.15, 0.2) is 0 Å². The SMILES string of the molecule is Cn1nnnc1-n1cc(C(=O)O)c(C(F)(F)F)c1. The first-order chi connectivity index (χ1) is 8.30. The van der Waals surface area contributed by atoms with E-state index in [1.165, 1.54) is 7.05 Å². The van der Waals surface area contributed by atoms with Gasteiger partial charge in [-0.2, -0.15) is 13.2 Å². The van der Waals surface area contributed by atoms with Gasteiger partial charge < -0.3 is 5.11 Å². The number of carbonyl (C=O) groups is 1. The van der Waals surface area contributed by atoms with Gasteiger partial charge in [0.25, 0.3) is 5.95 Å². The van der Waals surface area contributed by atoms with Crippen molar-refractivity contribution < 1.29 is 23.1 Å². The van der Waals surface area contributed by atoms with E-state index < -0.39 is 23.3 Å². The number of carboxylic acids is 1. The monoisotopic (exact) mass is 261 g/mol. The highest BCUT2D eigenvalue weighted by Crippen LogP contribution is 2.33. The third kappa shape index (κ3) is 1.92. The molecule has 7 nitrogen and oxygen atoms in total. The Kier molecular flexibility index (Phi) is 2.56. The van der Waals surface area contributed by atoms with Crippen molar-refractivity contribution in [2.45, 2.75) is 6.18 Å². The molecule has 0 spiro atoms. The molecular weight excluding hydrogens is 255 g/mol. The van der Waals surface area contributed by atoms with Crippen LogP contribution in [-0.4, -0.2) is 35.9 Å². The summed E-state index contributed by atoms with van der Waals surface area (Å²) >= 11 is 0. The highest BCUT2D eigenvalue weighted by Gasteiger charge is 2.37. The Morgan fingerprint density at radius 2 is 2.06 bits per heavy atom. The fourth-order valence-electron chi connectivity index (χ4n) is 1.41. The van der Waals surface area contributed by atoms with Gasteiger partial charge in [-0.05, 0) is 10.4 Å². The number of hydrogen-bond donors (Lipinski definition) is 1. The molecule has 2 rings (SSSR count). The number of alkyl halides is 3. The Morgan fingerprint density at radius 3 is 2.44 bits per heavy atom. The largest absolute Gasteiger partial charge is 0.478 e. The van der Waals surface area contributed by atoms with E-state index in [-0.39, 0.29) is 5.95 Å². The minimum atomic E-state index is -4.76. The Labute approximate surface area is 97.4 Å². The molecule has 0 saturated carbocycles. The maximum Gasteiger partial charge on any atom is 0.418 e. The van der Waals surface area contributed by atoms with E-state index in [4.69, 9.17) is 5.11 Å². The Morgan fingerprint density at radius 1 is 1.39 bits per heavy atom. The lowest BCUT2D eigenvalue weighted by Crippen LogP contribution is -2.09. The number of aromatic carboxylic acids is 1. The van der Waals surface area contributed by atoms with Gasteiger partial charge >= 0.3 is 12.1 Å². The van der Waals surface area contributed by atoms with Gasteiger partial charge in [0, 0.05) is 19.4 Å². The van der Waals surface area contributed by atoms with Crippen molar-refractivity contribution in [3.63, 3.8) is 0 Å². The standard InChI is InChI=1S/C8H6F3N5O2/c1-15-7(12-13-14-15)16-2-4(6(17)18)5(3-16)8(9,10)11/h2-3H,1H3,(H,17,18). The van der Waals surface area contributed by atoms with Crippen LogP contribution in [0, 0.1) is 0 Å². The molecule has 0 aliphatic heterocycles. The van der Waals surface area contributed by atoms with Crippen LogP contribution in [0.25, 0.3) is 5.95 Å². The maximum atomic E-state index is 12.6. The molecule has 96 valence electrons. The van der Waals surface area contributed by atoms with Crippen LogP contribution in [0.5, 0.6) is 0 Å². The molecule has 0 aliphatic carbocycles. The van der Waals surface area contributed by atoms with Crippen molar-refractivity contribution in [2.24, 2.45) is 7.05 Å². The van der Waals surface area contributed by atoms with Crippen LogP contribution in [0.2, 0.25) is 0 Å². The number of rotatable bonds is 2. The quantitative estimate of drug-likeness (QED) is 0.860. The lowest BCUT2D eigenvalue weighted by molar-refractivity contribution is -0.138. The first-order valence-corrected chi connectivity index (χ1v) is 4.56. The van der Waals surface area contributed by atoms with Gasteiger partial charge in [0.2, 0.25) is 0 Å². The Balaban J connectivity index is 2.60. The number of hydrogen-bond acceptors (Lipinski definition) is 4. The summed E-state index contributed by atoms with van der Waals surface area (Å²) in [6.07, 6.45) is -3.31. The molecule has 0 atom stereocenters. The van der Waals surface area contributed by atoms with Crippen LogP contribution in [0.4, 0.5) is 13.2 Å². The summed E-state index contributed by atoms with van der Waals surface area (Å²) in [5.41, 5.74) is -2.11. The van der Waals surface area contributed by atoms with E-state index in [9.17, 15) is 18.0 Å². The first-order valence-electron chi connectivity index (χ1n) is 4.56. The van der Waals surface area contributed by atoms with Crippen molar-refractivity contribution in [3.05, 3.63) is 23.5 Å². The van der Waals surface area contributed by atoms with Crippen LogP contribution in [-0.2, 0) is 13.2 Å². The van der Waals surface area contributed by atoms with E-state index in [0.717, 1.165) is 15.4 Å². The molecule has 0 unspecified atom stereocenters. The topological polar surface area (TPSA) is 85.8 Å². The molecule has 0 bridgehead atoms. The zero-order valence-corrected chi connectivity index (χ0v) is 8.88. The average molecular weight is 261 g/mol. The van der Waals surface area contributed by atoms with Gasteiger partial charge in [-0.3, -0.25) is 4.57 Å². The van der Waals surface area contributed by atoms with Gasteiger partial charge in [0.1, 0.15) is 0 Å². The van der Waals surface area contributed by atoms with Crippen LogP contribution in [0.1, 0.15) is 15.9 Å². The predicted octanol–water partition coefficient (Wildman–Crippen LogP) is 0.718. The summed E-state index contributed by atoms with van der Waals surface area (Å²) in [4.78, 5) is 10.8. The van der Waals surface area contributed by atoms with E-state index in [0.29, 0.717) is 6.20 Å². The smallest absolute Gasteiger partial charge is 0.418 e. The van der Waals surface area contributed by atoms with Crippen LogP contribution in [0.3, 0.4) is 0 Å². The second-order valence-corrected chi connectivity index (χ2v) is 3.40. The van der Waals surface area contributed by atoms with Gasteiger partial charge in [-0.1, -0.05) is 5.10 Å². The molecule has 0 amide bonds. The normalized spacial score (nSPS) is 11.8. The summed E-state index contributed by atoms with van der Waals surface area (Å²) in [7, 11) is 1.42. The number of tetrazole rings is 1. The lowest BCUT2D eigenvalue weighted by atomic mass is 10.2. The third-order valence-corrected chi connectivity index (χ3v) is 2.19. The first kappa shape index (κ1) is 12.1. The molecule has 18 heavy (non-hydrogen) atoms. The molecule has 2 heterocycles. The number of halogens is 3. The van der Waals surface area contributed by atoms with Gasteiger partial charge in [-0.25, -0.2) is 9.48 Å². The van der Waals surface area contributed by atoms with Crippen LogP contribution >= 0.6 is 0 Å². The molecule has 0 fully saturated rings. The highest BCUT2D eigenvalue weighted by molar-refractivity contribution is 5.89. The minimum Gasteiger partial charge on any atom is -0.478 e. The fourth-order valence-corrected chi connectivity index (χ4v) is 1.41. The molecule has 0 radical (unpaired) electrons. The van der Waals surface area contributed by atoms with Crippen molar-refractivity contribution >= 4 is 5.97 Å². The second-order valence-electron chi connectivity index (χ2n) is 3.40. The summed E-state index contributed by atoms with van der Waals surface area (Å²) in [6, 6.07) is 0. The zero-order chi connectivity index (χ0) is 13.5. The molecule has 2 aromatic rings. The number of aryl methyl sites for hydroxylation is 1. The fraction of sp³-hybridized carbons (Fsp3) is 0.250. The summed E-state index contributed by atoms with van der Waals surface area (Å²) in [5, 5.41) is 18.9. The van der Waals surface area contributed by atoms with Crippen LogP contribution in [0.15, 0.2) is 12.4 Å². The number of carboxylic acid groups (broad SMARTS) is 1. The molecule has 1 N–H and O–H groups in total. The summed E-state index contributed by atoms with van der Waals surface area (Å²) < 4.78 is 39.9. The van der Waals surface area contributed by atoms with Crippen molar-refractivity contribution in [1.82, 2.24) is 24.8 Å². The molecule has 0 aromatic carbocycles. The van der Waals surface area contributed by atoms with Crippen LogP contribution < -0.4 is 0 Å². The highest BCUT2D eigenvalue weighted by atomic mass is 19.4. The minimum absolute atomic E-state index is 0.0204. The summed E-state index contributed by atoms with van der Waals surface area (Å²) in [5.74, 6) is -1.69. The van der Waals surface area contributed by atoms with E-state index in [1.807, 2.05) is 0 Å². The van der Waals surface area contributed by atoms with Gasteiger partial charge in [0.05, 0.1) is 11.1 Å². The Hall–Kier alpha value is -2.39.